The number of thiazole rings is 1. The first kappa shape index (κ1) is 22.0. The second kappa shape index (κ2) is 10.4. The van der Waals surface area contributed by atoms with Gasteiger partial charge in [0.15, 0.2) is 5.13 Å². The SMILES string of the molecule is COc1ccc(C(=O)Nc2nc(CC(=O)Nc3ccc(Oc4ccccc4)cc3)cs2)cc1. The van der Waals surface area contributed by atoms with E-state index < -0.39 is 0 Å². The predicted molar refractivity (Wildman–Crippen MR) is 128 cm³/mol. The molecular weight excluding hydrogens is 438 g/mol. The molecule has 1 aromatic heterocycles. The molecule has 8 heteroatoms. The zero-order valence-electron chi connectivity index (χ0n) is 17.8. The Kier molecular flexibility index (Phi) is 6.96. The number of para-hydroxylation sites is 1. The molecular formula is C25H21N3O4S. The van der Waals surface area contributed by atoms with Crippen LogP contribution in [0.25, 0.3) is 0 Å². The fraction of sp³-hybridized carbons (Fsp3) is 0.0800. The number of amides is 2. The van der Waals surface area contributed by atoms with Crippen LogP contribution in [0, 0.1) is 0 Å². The molecule has 33 heavy (non-hydrogen) atoms. The van der Waals surface area contributed by atoms with E-state index in [0.717, 1.165) is 5.75 Å². The molecule has 4 aromatic rings. The number of nitrogens with one attached hydrogen (secondary N) is 2. The van der Waals surface area contributed by atoms with Gasteiger partial charge in [0.1, 0.15) is 17.2 Å². The number of hydrogen-bond acceptors (Lipinski definition) is 6. The van der Waals surface area contributed by atoms with Gasteiger partial charge >= 0.3 is 0 Å². The van der Waals surface area contributed by atoms with Gasteiger partial charge in [0.05, 0.1) is 19.2 Å². The van der Waals surface area contributed by atoms with Gasteiger partial charge in [-0.05, 0) is 60.7 Å². The van der Waals surface area contributed by atoms with E-state index in [1.165, 1.54) is 11.3 Å². The smallest absolute Gasteiger partial charge is 0.257 e. The van der Waals surface area contributed by atoms with Gasteiger partial charge in [-0.2, -0.15) is 0 Å². The Bertz CT molecular complexity index is 1220. The van der Waals surface area contributed by atoms with Gasteiger partial charge in [0, 0.05) is 16.6 Å². The summed E-state index contributed by atoms with van der Waals surface area (Å²) in [5.74, 6) is 1.61. The Hall–Kier alpha value is -4.17. The number of benzene rings is 3. The summed E-state index contributed by atoms with van der Waals surface area (Å²) >= 11 is 1.27. The van der Waals surface area contributed by atoms with Crippen LogP contribution in [0.4, 0.5) is 10.8 Å². The van der Waals surface area contributed by atoms with Crippen molar-refractivity contribution in [1.82, 2.24) is 4.98 Å². The fourth-order valence-corrected chi connectivity index (χ4v) is 3.66. The molecule has 0 saturated carbocycles. The molecule has 0 radical (unpaired) electrons. The van der Waals surface area contributed by atoms with E-state index in [9.17, 15) is 9.59 Å². The van der Waals surface area contributed by atoms with Gasteiger partial charge in [-0.3, -0.25) is 14.9 Å². The Morgan fingerprint density at radius 3 is 2.21 bits per heavy atom. The van der Waals surface area contributed by atoms with Crippen LogP contribution in [0.5, 0.6) is 17.2 Å². The van der Waals surface area contributed by atoms with Crippen molar-refractivity contribution in [2.45, 2.75) is 6.42 Å². The summed E-state index contributed by atoms with van der Waals surface area (Å²) < 4.78 is 10.8. The lowest BCUT2D eigenvalue weighted by molar-refractivity contribution is -0.115. The zero-order valence-corrected chi connectivity index (χ0v) is 18.6. The number of hydrogen-bond donors (Lipinski definition) is 2. The van der Waals surface area contributed by atoms with Crippen molar-refractivity contribution in [3.8, 4) is 17.2 Å². The topological polar surface area (TPSA) is 89.5 Å². The maximum Gasteiger partial charge on any atom is 0.257 e. The lowest BCUT2D eigenvalue weighted by Gasteiger charge is -2.07. The Labute approximate surface area is 195 Å². The summed E-state index contributed by atoms with van der Waals surface area (Å²) in [6.07, 6.45) is 0.0944. The minimum Gasteiger partial charge on any atom is -0.497 e. The second-order valence-electron chi connectivity index (χ2n) is 6.99. The minimum absolute atomic E-state index is 0.0944. The third kappa shape index (κ3) is 6.18. The largest absolute Gasteiger partial charge is 0.497 e. The first-order chi connectivity index (χ1) is 16.1. The molecule has 7 nitrogen and oxygen atoms in total. The third-order valence-electron chi connectivity index (χ3n) is 4.58. The number of methoxy groups -OCH3 is 1. The summed E-state index contributed by atoms with van der Waals surface area (Å²) in [5.41, 5.74) is 1.72. The van der Waals surface area contributed by atoms with E-state index in [1.807, 2.05) is 30.3 Å². The Morgan fingerprint density at radius 2 is 1.52 bits per heavy atom. The zero-order chi connectivity index (χ0) is 23.0. The van der Waals surface area contributed by atoms with Crippen molar-refractivity contribution in [1.29, 1.82) is 0 Å². The van der Waals surface area contributed by atoms with Gasteiger partial charge in [-0.15, -0.1) is 11.3 Å². The summed E-state index contributed by atoms with van der Waals surface area (Å²) in [5, 5.41) is 7.77. The van der Waals surface area contributed by atoms with Crippen LogP contribution in [0.2, 0.25) is 0 Å². The lowest BCUT2D eigenvalue weighted by atomic mass is 10.2. The molecule has 2 amide bonds. The molecule has 0 aliphatic rings. The van der Waals surface area contributed by atoms with Gasteiger partial charge in [0.25, 0.3) is 5.91 Å². The van der Waals surface area contributed by atoms with Gasteiger partial charge in [-0.25, -0.2) is 4.98 Å². The highest BCUT2D eigenvalue weighted by molar-refractivity contribution is 7.14. The van der Waals surface area contributed by atoms with Crippen molar-refractivity contribution in [3.63, 3.8) is 0 Å². The standard InChI is InChI=1S/C25H21N3O4S/c1-31-20-11-7-17(8-12-20)24(30)28-25-27-19(16-33-25)15-23(29)26-18-9-13-22(14-10-18)32-21-5-3-2-4-6-21/h2-14,16H,15H2,1H3,(H,26,29)(H,27,28,30). The van der Waals surface area contributed by atoms with Crippen LogP contribution in [-0.4, -0.2) is 23.9 Å². The average molecular weight is 460 g/mol. The van der Waals surface area contributed by atoms with Crippen molar-refractivity contribution in [2.75, 3.05) is 17.7 Å². The normalized spacial score (nSPS) is 10.3. The van der Waals surface area contributed by atoms with Crippen LogP contribution in [-0.2, 0) is 11.2 Å². The number of aromatic nitrogens is 1. The van der Waals surface area contributed by atoms with Crippen molar-refractivity contribution in [3.05, 3.63) is 95.5 Å². The monoisotopic (exact) mass is 459 g/mol. The minimum atomic E-state index is -0.277. The maximum absolute atomic E-state index is 12.4. The van der Waals surface area contributed by atoms with Crippen LogP contribution >= 0.6 is 11.3 Å². The molecule has 0 unspecified atom stereocenters. The highest BCUT2D eigenvalue weighted by Crippen LogP contribution is 2.23. The highest BCUT2D eigenvalue weighted by Gasteiger charge is 2.12. The van der Waals surface area contributed by atoms with Crippen molar-refractivity contribution in [2.24, 2.45) is 0 Å². The van der Waals surface area contributed by atoms with E-state index in [-0.39, 0.29) is 18.2 Å². The number of carbonyl (C=O) groups excluding carboxylic acids is 2. The Morgan fingerprint density at radius 1 is 0.848 bits per heavy atom. The van der Waals surface area contributed by atoms with E-state index >= 15 is 0 Å². The van der Waals surface area contributed by atoms with Crippen LogP contribution in [0.15, 0.2) is 84.2 Å². The van der Waals surface area contributed by atoms with Crippen LogP contribution < -0.4 is 20.1 Å². The quantitative estimate of drug-likeness (QED) is 0.369. The summed E-state index contributed by atoms with van der Waals surface area (Å²) in [4.78, 5) is 29.1. The van der Waals surface area contributed by atoms with E-state index in [2.05, 4.69) is 15.6 Å². The van der Waals surface area contributed by atoms with Crippen LogP contribution in [0.1, 0.15) is 16.1 Å². The Balaban J connectivity index is 1.28. The summed E-state index contributed by atoms with van der Waals surface area (Å²) in [6.45, 7) is 0. The predicted octanol–water partition coefficient (Wildman–Crippen LogP) is 5.38. The molecule has 2 N–H and O–H groups in total. The van der Waals surface area contributed by atoms with Gasteiger partial charge in [0.2, 0.25) is 5.91 Å². The van der Waals surface area contributed by atoms with Crippen molar-refractivity contribution < 1.29 is 19.1 Å². The van der Waals surface area contributed by atoms with Crippen molar-refractivity contribution >= 4 is 34.0 Å². The summed E-state index contributed by atoms with van der Waals surface area (Å²) in [7, 11) is 1.57. The molecule has 0 aliphatic heterocycles. The number of anilines is 2. The van der Waals surface area contributed by atoms with E-state index in [0.29, 0.717) is 33.6 Å². The molecule has 1 heterocycles. The number of ether oxygens (including phenoxy) is 2. The maximum atomic E-state index is 12.4. The molecule has 0 aliphatic carbocycles. The molecule has 166 valence electrons. The summed E-state index contributed by atoms with van der Waals surface area (Å²) in [6, 6.07) is 23.4. The van der Waals surface area contributed by atoms with E-state index in [1.54, 1.807) is 61.0 Å². The van der Waals surface area contributed by atoms with Crippen LogP contribution in [0.3, 0.4) is 0 Å². The highest BCUT2D eigenvalue weighted by atomic mass is 32.1. The molecule has 0 saturated heterocycles. The molecule has 0 atom stereocenters. The average Bonchev–Trinajstić information content (AvgIpc) is 3.27. The third-order valence-corrected chi connectivity index (χ3v) is 5.39. The van der Waals surface area contributed by atoms with E-state index in [4.69, 9.17) is 9.47 Å². The number of rotatable bonds is 8. The molecule has 0 bridgehead atoms. The molecule has 0 fully saturated rings. The molecule has 3 aromatic carbocycles. The molecule has 0 spiro atoms. The second-order valence-corrected chi connectivity index (χ2v) is 7.85. The van der Waals surface area contributed by atoms with Gasteiger partial charge < -0.3 is 14.8 Å². The van der Waals surface area contributed by atoms with Gasteiger partial charge in [-0.1, -0.05) is 18.2 Å². The first-order valence-corrected chi connectivity index (χ1v) is 11.0. The fourth-order valence-electron chi connectivity index (χ4n) is 2.96. The molecule has 4 rings (SSSR count). The number of nitrogens with zero attached hydrogens (tertiary/aromatic N) is 1. The first-order valence-electron chi connectivity index (χ1n) is 10.1. The number of carbonyl (C=O) groups is 2. The lowest BCUT2D eigenvalue weighted by Crippen LogP contribution is -2.15.